The van der Waals surface area contributed by atoms with Crippen LogP contribution in [0.3, 0.4) is 0 Å². The Morgan fingerprint density at radius 2 is 1.97 bits per heavy atom. The Hall–Kier alpha value is -2.66. The zero-order valence-corrected chi connectivity index (χ0v) is 22.6. The SMILES string of the molecule is CCCOCC(=O)N[C@@H](CC(=O)O)C(=O)NC1CCN(C(=O)/C=C/c2cc3ccsc3c(Cl)c2Cl)CC1. The second-order valence-corrected chi connectivity index (χ2v) is 10.3. The van der Waals surface area contributed by atoms with Gasteiger partial charge in [-0.1, -0.05) is 30.1 Å². The number of rotatable bonds is 11. The molecule has 0 spiro atoms. The van der Waals surface area contributed by atoms with Crippen molar-refractivity contribution in [3.8, 4) is 0 Å². The number of hydrogen-bond donors (Lipinski definition) is 3. The maximum atomic E-state index is 12.7. The number of aliphatic carboxylic acids is 1. The van der Waals surface area contributed by atoms with Gasteiger partial charge in [-0.05, 0) is 53.8 Å². The average molecular weight is 570 g/mol. The number of piperidine rings is 1. The minimum atomic E-state index is -1.21. The van der Waals surface area contributed by atoms with Crippen molar-refractivity contribution in [2.75, 3.05) is 26.3 Å². The first-order chi connectivity index (χ1) is 17.7. The van der Waals surface area contributed by atoms with Crippen LogP contribution in [0.5, 0.6) is 0 Å². The van der Waals surface area contributed by atoms with E-state index in [9.17, 15) is 19.2 Å². The molecule has 9 nitrogen and oxygen atoms in total. The number of ether oxygens (including phenoxy) is 1. The second-order valence-electron chi connectivity index (χ2n) is 8.64. The van der Waals surface area contributed by atoms with Gasteiger partial charge in [0.05, 0.1) is 21.2 Å². The third kappa shape index (κ3) is 8.16. The molecule has 12 heteroatoms. The molecule has 3 rings (SSSR count). The van der Waals surface area contributed by atoms with Gasteiger partial charge in [-0.3, -0.25) is 19.2 Å². The molecule has 1 aliphatic rings. The minimum absolute atomic E-state index is 0.189. The standard InChI is InChI=1S/C25H29Cl2N3O6S/c1-2-10-36-14-19(31)29-18(13-21(33)34)25(35)28-17-5-8-30(9-6-17)20(32)4-3-15-12-16-7-11-37-24(16)23(27)22(15)26/h3-4,7,11-12,17-18H,2,5-6,8-10,13-14H2,1H3,(H,28,35)(H,29,31)(H,33,34)/b4-3+/t18-/m0/s1. The van der Waals surface area contributed by atoms with E-state index in [0.29, 0.717) is 48.1 Å². The van der Waals surface area contributed by atoms with E-state index in [1.54, 1.807) is 11.0 Å². The lowest BCUT2D eigenvalue weighted by atomic mass is 10.0. The van der Waals surface area contributed by atoms with Gasteiger partial charge in [-0.25, -0.2) is 0 Å². The summed E-state index contributed by atoms with van der Waals surface area (Å²) in [6.07, 6.45) is 4.27. The molecule has 1 saturated heterocycles. The number of carbonyl (C=O) groups is 4. The van der Waals surface area contributed by atoms with E-state index in [-0.39, 0.29) is 18.6 Å². The van der Waals surface area contributed by atoms with E-state index in [0.717, 1.165) is 16.5 Å². The molecule has 2 heterocycles. The van der Waals surface area contributed by atoms with Gasteiger partial charge in [0.15, 0.2) is 0 Å². The largest absolute Gasteiger partial charge is 0.481 e. The number of fused-ring (bicyclic) bond motifs is 1. The highest BCUT2D eigenvalue weighted by molar-refractivity contribution is 7.18. The number of nitrogens with one attached hydrogen (secondary N) is 2. The first kappa shape index (κ1) is 28.9. The van der Waals surface area contributed by atoms with Crippen molar-refractivity contribution in [2.45, 2.75) is 44.7 Å². The lowest BCUT2D eigenvalue weighted by Gasteiger charge is -2.32. The lowest BCUT2D eigenvalue weighted by molar-refractivity contribution is -0.141. The second kappa shape index (κ2) is 13.8. The fourth-order valence-corrected chi connectivity index (χ4v) is 5.37. The molecular formula is C25H29Cl2N3O6S. The zero-order chi connectivity index (χ0) is 26.9. The lowest BCUT2D eigenvalue weighted by Crippen LogP contribution is -2.53. The van der Waals surface area contributed by atoms with Crippen LogP contribution in [0.25, 0.3) is 16.2 Å². The average Bonchev–Trinajstić information content (AvgIpc) is 3.34. The summed E-state index contributed by atoms with van der Waals surface area (Å²) in [5, 5.41) is 18.1. The summed E-state index contributed by atoms with van der Waals surface area (Å²) in [4.78, 5) is 50.3. The van der Waals surface area contributed by atoms with Crippen LogP contribution in [0, 0.1) is 0 Å². The van der Waals surface area contributed by atoms with Crippen LogP contribution in [-0.2, 0) is 23.9 Å². The number of hydrogen-bond acceptors (Lipinski definition) is 6. The summed E-state index contributed by atoms with van der Waals surface area (Å²) in [6.45, 7) is 2.86. The van der Waals surface area contributed by atoms with E-state index < -0.39 is 30.2 Å². The van der Waals surface area contributed by atoms with Crippen LogP contribution >= 0.6 is 34.5 Å². The van der Waals surface area contributed by atoms with Crippen molar-refractivity contribution >= 4 is 74.4 Å². The number of benzene rings is 1. The fraction of sp³-hybridized carbons (Fsp3) is 0.440. The van der Waals surface area contributed by atoms with Crippen LogP contribution in [0.15, 0.2) is 23.6 Å². The van der Waals surface area contributed by atoms with Crippen LogP contribution in [-0.4, -0.2) is 72.1 Å². The van der Waals surface area contributed by atoms with Gasteiger partial charge in [0.1, 0.15) is 12.6 Å². The van der Waals surface area contributed by atoms with Gasteiger partial charge in [-0.15, -0.1) is 11.3 Å². The number of amides is 3. The number of likely N-dealkylation sites (tertiary alicyclic amines) is 1. The zero-order valence-electron chi connectivity index (χ0n) is 20.3. The van der Waals surface area contributed by atoms with Crippen molar-refractivity contribution in [2.24, 2.45) is 0 Å². The monoisotopic (exact) mass is 569 g/mol. The molecule has 2 aromatic rings. The third-order valence-electron chi connectivity index (χ3n) is 5.82. The molecule has 0 radical (unpaired) electrons. The maximum Gasteiger partial charge on any atom is 0.305 e. The van der Waals surface area contributed by atoms with E-state index in [4.69, 9.17) is 33.0 Å². The number of carbonyl (C=O) groups excluding carboxylic acids is 3. The summed E-state index contributed by atoms with van der Waals surface area (Å²) in [5.41, 5.74) is 0.652. The highest BCUT2D eigenvalue weighted by Crippen LogP contribution is 2.37. The Bertz CT molecular complexity index is 1180. The van der Waals surface area contributed by atoms with Crippen LogP contribution < -0.4 is 10.6 Å². The number of nitrogens with zero attached hydrogens (tertiary/aromatic N) is 1. The van der Waals surface area contributed by atoms with Crippen molar-refractivity contribution in [1.29, 1.82) is 0 Å². The molecule has 0 unspecified atom stereocenters. The summed E-state index contributed by atoms with van der Waals surface area (Å²) in [6, 6.07) is 2.36. The topological polar surface area (TPSA) is 125 Å². The molecule has 1 fully saturated rings. The van der Waals surface area contributed by atoms with Gasteiger partial charge in [-0.2, -0.15) is 0 Å². The summed E-state index contributed by atoms with van der Waals surface area (Å²) in [5.74, 6) is -2.53. The minimum Gasteiger partial charge on any atom is -0.481 e. The van der Waals surface area contributed by atoms with Crippen molar-refractivity contribution in [3.63, 3.8) is 0 Å². The third-order valence-corrected chi connectivity index (χ3v) is 7.76. The molecule has 3 amide bonds. The molecule has 1 aliphatic heterocycles. The maximum absolute atomic E-state index is 12.7. The number of halogens is 2. The summed E-state index contributed by atoms with van der Waals surface area (Å²) < 4.78 is 6.04. The van der Waals surface area contributed by atoms with Crippen molar-refractivity contribution in [1.82, 2.24) is 15.5 Å². The quantitative estimate of drug-likeness (QED) is 0.280. The first-order valence-electron chi connectivity index (χ1n) is 11.9. The van der Waals surface area contributed by atoms with Gasteiger partial charge in [0.2, 0.25) is 17.7 Å². The number of carboxylic acid groups (broad SMARTS) is 1. The molecule has 1 atom stereocenters. The molecule has 3 N–H and O–H groups in total. The van der Waals surface area contributed by atoms with E-state index in [1.807, 2.05) is 24.4 Å². The predicted molar refractivity (Wildman–Crippen MR) is 144 cm³/mol. The highest BCUT2D eigenvalue weighted by Gasteiger charge is 2.28. The molecular weight excluding hydrogens is 541 g/mol. The molecule has 0 saturated carbocycles. The highest BCUT2D eigenvalue weighted by atomic mass is 35.5. The summed E-state index contributed by atoms with van der Waals surface area (Å²) in [7, 11) is 0. The Balaban J connectivity index is 1.52. The Morgan fingerprint density at radius 3 is 2.65 bits per heavy atom. The van der Waals surface area contributed by atoms with Crippen molar-refractivity contribution in [3.05, 3.63) is 39.2 Å². The van der Waals surface area contributed by atoms with E-state index >= 15 is 0 Å². The van der Waals surface area contributed by atoms with E-state index in [1.165, 1.54) is 17.4 Å². The predicted octanol–water partition coefficient (Wildman–Crippen LogP) is 3.71. The Morgan fingerprint density at radius 1 is 1.24 bits per heavy atom. The first-order valence-corrected chi connectivity index (χ1v) is 13.5. The van der Waals surface area contributed by atoms with Gasteiger partial charge in [0.25, 0.3) is 0 Å². The van der Waals surface area contributed by atoms with Crippen LogP contribution in [0.2, 0.25) is 10.0 Å². The normalized spacial score (nSPS) is 15.2. The van der Waals surface area contributed by atoms with Crippen molar-refractivity contribution < 1.29 is 29.0 Å². The van der Waals surface area contributed by atoms with Gasteiger partial charge in [0, 0.05) is 31.8 Å². The van der Waals surface area contributed by atoms with Crippen LogP contribution in [0.1, 0.15) is 38.2 Å². The smallest absolute Gasteiger partial charge is 0.305 e. The molecule has 0 bridgehead atoms. The molecule has 1 aromatic heterocycles. The van der Waals surface area contributed by atoms with Gasteiger partial charge < -0.3 is 25.4 Å². The fourth-order valence-electron chi connectivity index (χ4n) is 3.93. The molecule has 1 aromatic carbocycles. The molecule has 0 aliphatic carbocycles. The van der Waals surface area contributed by atoms with E-state index in [2.05, 4.69) is 10.6 Å². The Kier molecular flexibility index (Phi) is 10.7. The summed E-state index contributed by atoms with van der Waals surface area (Å²) >= 11 is 14.2. The Labute approximate surface area is 228 Å². The molecule has 200 valence electrons. The number of carboxylic acids is 1. The van der Waals surface area contributed by atoms with Gasteiger partial charge >= 0.3 is 5.97 Å². The van der Waals surface area contributed by atoms with Crippen LogP contribution in [0.4, 0.5) is 0 Å². The number of thiophene rings is 1. The molecule has 37 heavy (non-hydrogen) atoms.